The number of rotatable bonds is 2. The fraction of sp³-hybridized carbons (Fsp3) is 0.480. The Bertz CT molecular complexity index is 1210. The van der Waals surface area contributed by atoms with Gasteiger partial charge in [-0.05, 0) is 36.8 Å². The molecule has 2 aliphatic rings. The number of piperidine rings is 1. The topological polar surface area (TPSA) is 75.3 Å². The molecule has 7 heteroatoms. The highest BCUT2D eigenvalue weighted by Crippen LogP contribution is 2.46. The third-order valence-electron chi connectivity index (χ3n) is 6.85. The molecule has 32 heavy (non-hydrogen) atoms. The molecule has 1 saturated heterocycles. The Morgan fingerprint density at radius 3 is 2.66 bits per heavy atom. The number of nitrogens with one attached hydrogen (secondary N) is 1. The molecule has 0 radical (unpaired) electrons. The average Bonchev–Trinajstić information content (AvgIpc) is 3.38. The predicted molar refractivity (Wildman–Crippen MR) is 126 cm³/mol. The van der Waals surface area contributed by atoms with Crippen LogP contribution in [0.2, 0.25) is 0 Å². The van der Waals surface area contributed by atoms with Crippen LogP contribution in [-0.2, 0) is 11.8 Å². The molecule has 0 bridgehead atoms. The normalized spacial score (nSPS) is 18.2. The molecule has 0 saturated carbocycles. The lowest BCUT2D eigenvalue weighted by atomic mass is 9.68. The van der Waals surface area contributed by atoms with Crippen LogP contribution >= 0.6 is 11.3 Å². The standard InChI is InChI=1S/C25H29N3O3S/c1-24(2,3)23-27-21-17(29)13-25(14-19(21)32-23)8-10-28(11-9-25)22(30)16-12-15-6-5-7-18(31-4)20(15)26-16/h5-7,12,26H,8-11,13-14H2,1-4H3. The van der Waals surface area contributed by atoms with Gasteiger partial charge in [-0.3, -0.25) is 9.59 Å². The van der Waals surface area contributed by atoms with Crippen LogP contribution in [0.5, 0.6) is 5.75 Å². The van der Waals surface area contributed by atoms with Crippen molar-refractivity contribution in [1.82, 2.24) is 14.9 Å². The maximum atomic E-state index is 13.2. The smallest absolute Gasteiger partial charge is 0.270 e. The summed E-state index contributed by atoms with van der Waals surface area (Å²) in [6.45, 7) is 7.75. The molecule has 1 amide bonds. The Labute approximate surface area is 192 Å². The second-order valence-corrected chi connectivity index (χ2v) is 11.3. The van der Waals surface area contributed by atoms with Crippen molar-refractivity contribution in [3.05, 3.63) is 45.5 Å². The van der Waals surface area contributed by atoms with E-state index in [1.807, 2.05) is 29.2 Å². The number of hydrogen-bond donors (Lipinski definition) is 1. The lowest BCUT2D eigenvalue weighted by Gasteiger charge is -2.43. The van der Waals surface area contributed by atoms with Crippen molar-refractivity contribution >= 4 is 33.9 Å². The number of hydrogen-bond acceptors (Lipinski definition) is 5. The van der Waals surface area contributed by atoms with Crippen molar-refractivity contribution in [2.75, 3.05) is 20.2 Å². The van der Waals surface area contributed by atoms with E-state index in [0.29, 0.717) is 30.9 Å². The van der Waals surface area contributed by atoms with Crippen LogP contribution in [0.4, 0.5) is 0 Å². The molecule has 3 heterocycles. The van der Waals surface area contributed by atoms with Gasteiger partial charge in [0, 0.05) is 35.2 Å². The number of aromatic amines is 1. The number of carbonyl (C=O) groups is 2. The molecule has 2 aromatic heterocycles. The number of ether oxygens (including phenoxy) is 1. The van der Waals surface area contributed by atoms with E-state index < -0.39 is 0 Å². The minimum Gasteiger partial charge on any atom is -0.495 e. The zero-order valence-electron chi connectivity index (χ0n) is 19.1. The van der Waals surface area contributed by atoms with Gasteiger partial charge in [0.1, 0.15) is 17.1 Å². The first-order valence-corrected chi connectivity index (χ1v) is 12.0. The Balaban J connectivity index is 1.32. The first-order chi connectivity index (χ1) is 15.2. The highest BCUT2D eigenvalue weighted by molar-refractivity contribution is 7.12. The monoisotopic (exact) mass is 451 g/mol. The summed E-state index contributed by atoms with van der Waals surface area (Å²) in [5.74, 6) is 0.907. The molecule has 1 aliphatic heterocycles. The molecule has 3 aromatic rings. The van der Waals surface area contributed by atoms with Gasteiger partial charge in [-0.25, -0.2) is 4.98 Å². The Hall–Kier alpha value is -2.67. The van der Waals surface area contributed by atoms with Gasteiger partial charge in [0.05, 0.1) is 17.6 Å². The second-order valence-electron chi connectivity index (χ2n) is 10.2. The van der Waals surface area contributed by atoms with E-state index in [1.165, 1.54) is 0 Å². The highest BCUT2D eigenvalue weighted by Gasteiger charge is 2.44. The number of aromatic nitrogens is 2. The molecular weight excluding hydrogens is 422 g/mol. The summed E-state index contributed by atoms with van der Waals surface area (Å²) in [5.41, 5.74) is 2.02. The molecule has 1 aromatic carbocycles. The second kappa shape index (κ2) is 7.44. The van der Waals surface area contributed by atoms with Gasteiger partial charge in [0.2, 0.25) is 0 Å². The maximum Gasteiger partial charge on any atom is 0.270 e. The summed E-state index contributed by atoms with van der Waals surface area (Å²) >= 11 is 1.69. The number of likely N-dealkylation sites (tertiary alicyclic amines) is 1. The van der Waals surface area contributed by atoms with Gasteiger partial charge >= 0.3 is 0 Å². The Morgan fingerprint density at radius 2 is 1.97 bits per heavy atom. The largest absolute Gasteiger partial charge is 0.495 e. The molecular formula is C25H29N3O3S. The van der Waals surface area contributed by atoms with Crippen LogP contribution in [0.1, 0.15) is 70.9 Å². The molecule has 1 N–H and O–H groups in total. The van der Waals surface area contributed by atoms with Crippen molar-refractivity contribution in [3.8, 4) is 5.75 Å². The van der Waals surface area contributed by atoms with E-state index in [1.54, 1.807) is 18.4 Å². The first-order valence-electron chi connectivity index (χ1n) is 11.2. The molecule has 1 aliphatic carbocycles. The molecule has 5 rings (SSSR count). The summed E-state index contributed by atoms with van der Waals surface area (Å²) < 4.78 is 5.41. The number of benzene rings is 1. The van der Waals surface area contributed by atoms with E-state index in [9.17, 15) is 9.59 Å². The predicted octanol–water partition coefficient (Wildman–Crippen LogP) is 4.98. The number of fused-ring (bicyclic) bond motifs is 2. The van der Waals surface area contributed by atoms with Crippen molar-refractivity contribution < 1.29 is 14.3 Å². The van der Waals surface area contributed by atoms with Crippen LogP contribution in [-0.4, -0.2) is 46.8 Å². The van der Waals surface area contributed by atoms with E-state index in [2.05, 4.69) is 30.7 Å². The fourth-order valence-corrected chi connectivity index (χ4v) is 6.27. The van der Waals surface area contributed by atoms with Crippen molar-refractivity contribution in [1.29, 1.82) is 0 Å². The zero-order valence-corrected chi connectivity index (χ0v) is 19.9. The number of nitrogens with zero attached hydrogens (tertiary/aromatic N) is 2. The molecule has 168 valence electrons. The Morgan fingerprint density at radius 1 is 1.22 bits per heavy atom. The third-order valence-corrected chi connectivity index (χ3v) is 8.33. The number of carbonyl (C=O) groups excluding carboxylic acids is 2. The van der Waals surface area contributed by atoms with Crippen molar-refractivity contribution in [3.63, 3.8) is 0 Å². The lowest BCUT2D eigenvalue weighted by molar-refractivity contribution is 0.0518. The third kappa shape index (κ3) is 3.52. The summed E-state index contributed by atoms with van der Waals surface area (Å²) in [6, 6.07) is 7.68. The minimum absolute atomic E-state index is 0.00809. The van der Waals surface area contributed by atoms with E-state index in [0.717, 1.165) is 45.8 Å². The van der Waals surface area contributed by atoms with Crippen LogP contribution < -0.4 is 4.74 Å². The van der Waals surface area contributed by atoms with Gasteiger partial charge in [-0.1, -0.05) is 32.9 Å². The van der Waals surface area contributed by atoms with Crippen LogP contribution in [0.25, 0.3) is 10.9 Å². The van der Waals surface area contributed by atoms with Crippen LogP contribution in [0.15, 0.2) is 24.3 Å². The SMILES string of the molecule is COc1cccc2cc(C(=O)N3CCC4(CC3)CC(=O)c3nc(C(C)(C)C)sc3C4)[nH]c12. The number of H-pyrrole nitrogens is 1. The van der Waals surface area contributed by atoms with Crippen LogP contribution in [0.3, 0.4) is 0 Å². The highest BCUT2D eigenvalue weighted by atomic mass is 32.1. The first kappa shape index (κ1) is 21.2. The van der Waals surface area contributed by atoms with E-state index in [-0.39, 0.29) is 22.5 Å². The summed E-state index contributed by atoms with van der Waals surface area (Å²) in [5, 5.41) is 2.00. The number of Topliss-reactive ketones (excluding diaryl/α,β-unsaturated/α-hetero) is 1. The van der Waals surface area contributed by atoms with Crippen molar-refractivity contribution in [2.24, 2.45) is 5.41 Å². The summed E-state index contributed by atoms with van der Waals surface area (Å²) in [6.07, 6.45) is 3.12. The van der Waals surface area contributed by atoms with Crippen molar-refractivity contribution in [2.45, 2.75) is 51.9 Å². The minimum atomic E-state index is -0.0494. The number of methoxy groups -OCH3 is 1. The molecule has 1 spiro atoms. The van der Waals surface area contributed by atoms with Gasteiger partial charge < -0.3 is 14.6 Å². The van der Waals surface area contributed by atoms with Gasteiger partial charge in [-0.2, -0.15) is 0 Å². The van der Waals surface area contributed by atoms with E-state index in [4.69, 9.17) is 4.74 Å². The summed E-state index contributed by atoms with van der Waals surface area (Å²) in [4.78, 5) is 37.1. The summed E-state index contributed by atoms with van der Waals surface area (Å²) in [7, 11) is 1.63. The van der Waals surface area contributed by atoms with Gasteiger partial charge in [0.25, 0.3) is 5.91 Å². The zero-order chi connectivity index (χ0) is 22.7. The number of amides is 1. The van der Waals surface area contributed by atoms with Gasteiger partial charge in [0.15, 0.2) is 5.78 Å². The van der Waals surface area contributed by atoms with Crippen LogP contribution in [0, 0.1) is 5.41 Å². The van der Waals surface area contributed by atoms with E-state index >= 15 is 0 Å². The maximum absolute atomic E-state index is 13.2. The number of para-hydroxylation sites is 1. The number of thiazole rings is 1. The van der Waals surface area contributed by atoms with Gasteiger partial charge in [-0.15, -0.1) is 11.3 Å². The lowest BCUT2D eigenvalue weighted by Crippen LogP contribution is -2.46. The Kier molecular flexibility index (Phi) is 4.93. The fourth-order valence-electron chi connectivity index (χ4n) is 4.96. The quantitative estimate of drug-likeness (QED) is 0.596. The average molecular weight is 452 g/mol. The molecule has 6 nitrogen and oxygen atoms in total. The molecule has 0 unspecified atom stereocenters. The molecule has 0 atom stereocenters. The molecule has 1 fully saturated rings. The number of ketones is 1.